The number of piperazine rings is 1. The van der Waals surface area contributed by atoms with E-state index >= 15 is 0 Å². The van der Waals surface area contributed by atoms with E-state index in [4.69, 9.17) is 5.11 Å². The summed E-state index contributed by atoms with van der Waals surface area (Å²) in [4.78, 5) is 15.5. The Hall–Kier alpha value is -0.690. The number of esters is 1. The lowest BCUT2D eigenvalue weighted by Crippen LogP contribution is -2.54. The number of methoxy groups -OCH3 is 1. The summed E-state index contributed by atoms with van der Waals surface area (Å²) in [6.45, 7) is 5.86. The summed E-state index contributed by atoms with van der Waals surface area (Å²) in [5.74, 6) is -0.602. The zero-order valence-corrected chi connectivity index (χ0v) is 10.6. The highest BCUT2D eigenvalue weighted by molar-refractivity contribution is 5.78. The molecule has 1 unspecified atom stereocenters. The normalized spacial score (nSPS) is 22.1. The SMILES string of the molecule is COC(=O)C(C)(O)CN1CCN(CCO)CC1. The average Bonchev–Trinajstić information content (AvgIpc) is 2.30. The molecule has 6 heteroatoms. The van der Waals surface area contributed by atoms with Crippen LogP contribution in [-0.2, 0) is 9.53 Å². The molecule has 0 aliphatic carbocycles. The molecule has 1 saturated heterocycles. The summed E-state index contributed by atoms with van der Waals surface area (Å²) in [7, 11) is 1.27. The maximum atomic E-state index is 11.3. The molecule has 1 aliphatic rings. The van der Waals surface area contributed by atoms with Crippen molar-refractivity contribution in [3.63, 3.8) is 0 Å². The molecular weight excluding hydrogens is 224 g/mol. The lowest BCUT2D eigenvalue weighted by atomic mass is 10.1. The third kappa shape index (κ3) is 4.23. The second-order valence-electron chi connectivity index (χ2n) is 4.61. The summed E-state index contributed by atoms with van der Waals surface area (Å²) in [6.07, 6.45) is 0. The topological polar surface area (TPSA) is 73.2 Å². The third-order valence-electron chi connectivity index (χ3n) is 3.04. The van der Waals surface area contributed by atoms with E-state index in [1.54, 1.807) is 0 Å². The Morgan fingerprint density at radius 3 is 2.29 bits per heavy atom. The highest BCUT2D eigenvalue weighted by atomic mass is 16.5. The molecule has 0 spiro atoms. The van der Waals surface area contributed by atoms with Gasteiger partial charge in [0, 0.05) is 39.3 Å². The number of rotatable bonds is 5. The van der Waals surface area contributed by atoms with E-state index in [0.717, 1.165) is 26.2 Å². The van der Waals surface area contributed by atoms with Gasteiger partial charge in [-0.3, -0.25) is 9.80 Å². The Labute approximate surface area is 102 Å². The first kappa shape index (κ1) is 14.4. The molecule has 0 aromatic heterocycles. The number of aliphatic hydroxyl groups excluding tert-OH is 1. The molecule has 0 bridgehead atoms. The van der Waals surface area contributed by atoms with E-state index in [0.29, 0.717) is 6.54 Å². The van der Waals surface area contributed by atoms with Crippen molar-refractivity contribution < 1.29 is 19.7 Å². The number of hydrogen-bond donors (Lipinski definition) is 2. The van der Waals surface area contributed by atoms with Crippen molar-refractivity contribution in [2.24, 2.45) is 0 Å². The molecular formula is C11H22N2O4. The zero-order chi connectivity index (χ0) is 12.9. The number of aliphatic hydroxyl groups is 2. The van der Waals surface area contributed by atoms with Gasteiger partial charge in [-0.05, 0) is 6.92 Å². The van der Waals surface area contributed by atoms with Crippen molar-refractivity contribution in [3.8, 4) is 0 Å². The molecule has 1 rings (SSSR count). The number of carbonyl (C=O) groups excluding carboxylic acids is 1. The van der Waals surface area contributed by atoms with E-state index in [2.05, 4.69) is 9.64 Å². The maximum absolute atomic E-state index is 11.3. The molecule has 0 amide bonds. The van der Waals surface area contributed by atoms with Crippen molar-refractivity contribution in [2.75, 3.05) is 53.0 Å². The van der Waals surface area contributed by atoms with Gasteiger partial charge in [-0.1, -0.05) is 0 Å². The average molecular weight is 246 g/mol. The maximum Gasteiger partial charge on any atom is 0.338 e. The molecule has 6 nitrogen and oxygen atoms in total. The van der Waals surface area contributed by atoms with Gasteiger partial charge in [0.2, 0.25) is 0 Å². The van der Waals surface area contributed by atoms with Gasteiger partial charge in [-0.2, -0.15) is 0 Å². The minimum absolute atomic E-state index is 0.167. The van der Waals surface area contributed by atoms with Crippen LogP contribution in [-0.4, -0.2) is 84.6 Å². The van der Waals surface area contributed by atoms with Crippen molar-refractivity contribution in [1.82, 2.24) is 9.80 Å². The predicted octanol–water partition coefficient (Wildman–Crippen LogP) is -1.48. The molecule has 1 atom stereocenters. The lowest BCUT2D eigenvalue weighted by molar-refractivity contribution is -0.162. The predicted molar refractivity (Wildman–Crippen MR) is 62.6 cm³/mol. The van der Waals surface area contributed by atoms with E-state index in [1.807, 2.05) is 4.90 Å². The highest BCUT2D eigenvalue weighted by Crippen LogP contribution is 2.11. The molecule has 1 heterocycles. The smallest absolute Gasteiger partial charge is 0.338 e. The lowest BCUT2D eigenvalue weighted by Gasteiger charge is -2.37. The second-order valence-corrected chi connectivity index (χ2v) is 4.61. The van der Waals surface area contributed by atoms with E-state index in [-0.39, 0.29) is 13.2 Å². The van der Waals surface area contributed by atoms with Crippen molar-refractivity contribution >= 4 is 5.97 Å². The van der Waals surface area contributed by atoms with Gasteiger partial charge in [0.15, 0.2) is 5.60 Å². The van der Waals surface area contributed by atoms with Crippen LogP contribution in [0.15, 0.2) is 0 Å². The fraction of sp³-hybridized carbons (Fsp3) is 0.909. The van der Waals surface area contributed by atoms with Gasteiger partial charge in [-0.15, -0.1) is 0 Å². The summed E-state index contributed by atoms with van der Waals surface area (Å²) in [5, 5.41) is 18.8. The van der Waals surface area contributed by atoms with Crippen LogP contribution in [0.5, 0.6) is 0 Å². The Bertz CT molecular complexity index is 250. The van der Waals surface area contributed by atoms with Gasteiger partial charge >= 0.3 is 5.97 Å². The number of nitrogens with zero attached hydrogens (tertiary/aromatic N) is 2. The van der Waals surface area contributed by atoms with Gasteiger partial charge in [0.05, 0.1) is 13.7 Å². The van der Waals surface area contributed by atoms with Crippen LogP contribution in [0.1, 0.15) is 6.92 Å². The van der Waals surface area contributed by atoms with Crippen LogP contribution in [0.3, 0.4) is 0 Å². The number of carbonyl (C=O) groups is 1. The molecule has 1 fully saturated rings. The van der Waals surface area contributed by atoms with Crippen LogP contribution < -0.4 is 0 Å². The first-order chi connectivity index (χ1) is 7.99. The standard InChI is InChI=1S/C11H22N2O4/c1-11(16,10(15)17-2)9-13-5-3-12(4-6-13)7-8-14/h14,16H,3-9H2,1-2H3. The van der Waals surface area contributed by atoms with Gasteiger partial charge in [-0.25, -0.2) is 4.79 Å². The Morgan fingerprint density at radius 2 is 1.82 bits per heavy atom. The number of ether oxygens (including phenoxy) is 1. The van der Waals surface area contributed by atoms with Crippen molar-refractivity contribution in [2.45, 2.75) is 12.5 Å². The van der Waals surface area contributed by atoms with Gasteiger partial charge in [0.1, 0.15) is 0 Å². The van der Waals surface area contributed by atoms with Crippen LogP contribution >= 0.6 is 0 Å². The van der Waals surface area contributed by atoms with Crippen LogP contribution in [0.4, 0.5) is 0 Å². The molecule has 0 aromatic carbocycles. The Morgan fingerprint density at radius 1 is 1.29 bits per heavy atom. The molecule has 1 aliphatic heterocycles. The summed E-state index contributed by atoms with van der Waals surface area (Å²) in [5.41, 5.74) is -1.45. The summed E-state index contributed by atoms with van der Waals surface area (Å²) >= 11 is 0. The van der Waals surface area contributed by atoms with E-state index in [9.17, 15) is 9.90 Å². The van der Waals surface area contributed by atoms with Crippen molar-refractivity contribution in [3.05, 3.63) is 0 Å². The Kier molecular flexibility index (Phi) is 5.32. The van der Waals surface area contributed by atoms with Crippen LogP contribution in [0, 0.1) is 0 Å². The van der Waals surface area contributed by atoms with E-state index in [1.165, 1.54) is 14.0 Å². The molecule has 100 valence electrons. The van der Waals surface area contributed by atoms with Gasteiger partial charge < -0.3 is 14.9 Å². The molecule has 0 radical (unpaired) electrons. The van der Waals surface area contributed by atoms with Crippen LogP contribution in [0.25, 0.3) is 0 Å². The van der Waals surface area contributed by atoms with Crippen LogP contribution in [0.2, 0.25) is 0 Å². The Balaban J connectivity index is 2.37. The first-order valence-corrected chi connectivity index (χ1v) is 5.86. The summed E-state index contributed by atoms with van der Waals surface area (Å²) < 4.78 is 4.56. The molecule has 17 heavy (non-hydrogen) atoms. The zero-order valence-electron chi connectivity index (χ0n) is 10.6. The third-order valence-corrected chi connectivity index (χ3v) is 3.04. The molecule has 2 N–H and O–H groups in total. The fourth-order valence-electron chi connectivity index (χ4n) is 2.03. The monoisotopic (exact) mass is 246 g/mol. The van der Waals surface area contributed by atoms with E-state index < -0.39 is 11.6 Å². The van der Waals surface area contributed by atoms with Gasteiger partial charge in [0.25, 0.3) is 0 Å². The first-order valence-electron chi connectivity index (χ1n) is 5.86. The van der Waals surface area contributed by atoms with Crippen molar-refractivity contribution in [1.29, 1.82) is 0 Å². The number of hydrogen-bond acceptors (Lipinski definition) is 6. The molecule has 0 saturated carbocycles. The largest absolute Gasteiger partial charge is 0.467 e. The molecule has 0 aromatic rings. The quantitative estimate of drug-likeness (QED) is 0.576. The highest BCUT2D eigenvalue weighted by Gasteiger charge is 2.34. The second kappa shape index (κ2) is 6.30. The number of β-amino-alcohol motifs (C(OH)–C–C–N with tert-alkyl or cyclic N) is 2. The minimum Gasteiger partial charge on any atom is -0.467 e. The minimum atomic E-state index is -1.45. The fourth-order valence-corrected chi connectivity index (χ4v) is 2.03. The summed E-state index contributed by atoms with van der Waals surface area (Å²) in [6, 6.07) is 0.